The number of halogens is 2. The minimum Gasteiger partial charge on any atom is -0.257 e. The van der Waals surface area contributed by atoms with Crippen LogP contribution in [0.4, 0.5) is 0 Å². The molecule has 0 aliphatic carbocycles. The van der Waals surface area contributed by atoms with Crippen LogP contribution in [0.2, 0.25) is 0 Å². The zero-order valence-corrected chi connectivity index (χ0v) is 8.03. The van der Waals surface area contributed by atoms with E-state index in [1.807, 2.05) is 20.0 Å². The van der Waals surface area contributed by atoms with Crippen LogP contribution in [0.15, 0.2) is 21.2 Å². The molecule has 1 aromatic heterocycles. The largest absolute Gasteiger partial charge is 0.257 e. The third-order valence-electron chi connectivity index (χ3n) is 0.887. The fourth-order valence-electron chi connectivity index (χ4n) is 0.588. The Hall–Kier alpha value is 0.175. The van der Waals surface area contributed by atoms with Crippen LogP contribution in [0.5, 0.6) is 0 Å². The lowest BCUT2D eigenvalue weighted by atomic mass is 10.1. The maximum absolute atomic E-state index is 4.12. The van der Waals surface area contributed by atoms with E-state index in [1.54, 1.807) is 0 Å². The van der Waals surface area contributed by atoms with Gasteiger partial charge in [-0.1, -0.05) is 15.9 Å². The normalized spacial score (nSPS) is 9.56. The van der Waals surface area contributed by atoms with Crippen LogP contribution in [0.25, 0.3) is 0 Å². The Kier molecular flexibility index (Phi) is 2.30. The van der Waals surface area contributed by atoms with Gasteiger partial charge in [0.1, 0.15) is 4.60 Å². The maximum Gasteiger partial charge on any atom is 0.164 e. The highest BCUT2D eigenvalue weighted by molar-refractivity contribution is 9.11. The van der Waals surface area contributed by atoms with Gasteiger partial charge in [0.25, 0.3) is 0 Å². The van der Waals surface area contributed by atoms with E-state index in [1.165, 1.54) is 0 Å². The minimum absolute atomic E-state index is 0.870. The third-order valence-corrected chi connectivity index (χ3v) is 1.75. The van der Waals surface area contributed by atoms with Gasteiger partial charge in [0.05, 0.1) is 0 Å². The first kappa shape index (κ1) is 7.28. The third kappa shape index (κ3) is 2.10. The summed E-state index contributed by atoms with van der Waals surface area (Å²) in [6.45, 7) is 0. The molecule has 4 heteroatoms. The van der Waals surface area contributed by atoms with Crippen molar-refractivity contribution in [1.82, 2.24) is 4.98 Å². The van der Waals surface area contributed by atoms with Crippen LogP contribution in [-0.4, -0.2) is 12.8 Å². The number of hydrogen-bond acceptors (Lipinski definition) is 1. The van der Waals surface area contributed by atoms with Gasteiger partial charge < -0.3 is 0 Å². The first-order valence-electron chi connectivity index (χ1n) is 2.48. The molecular weight excluding hydrogens is 245 g/mol. The van der Waals surface area contributed by atoms with E-state index in [2.05, 4.69) is 36.8 Å². The summed E-state index contributed by atoms with van der Waals surface area (Å²) in [5.41, 5.74) is 1.01. The van der Waals surface area contributed by atoms with Crippen molar-refractivity contribution >= 4 is 45.3 Å². The monoisotopic (exact) mass is 247 g/mol. The predicted octanol–water partition coefficient (Wildman–Crippen LogP) is 0.865. The molecule has 0 atom stereocenters. The second-order valence-corrected chi connectivity index (χ2v) is 3.48. The molecule has 0 amide bonds. The molecule has 1 heterocycles. The molecule has 46 valence electrons. The van der Waals surface area contributed by atoms with E-state index >= 15 is 0 Å². The van der Waals surface area contributed by atoms with Gasteiger partial charge in [0.15, 0.2) is 7.85 Å². The van der Waals surface area contributed by atoms with Gasteiger partial charge in [-0.2, -0.15) is 0 Å². The highest BCUT2D eigenvalue weighted by Crippen LogP contribution is 2.11. The van der Waals surface area contributed by atoms with Gasteiger partial charge in [-0.05, 0) is 33.7 Å². The second kappa shape index (κ2) is 2.84. The Morgan fingerprint density at radius 1 is 1.33 bits per heavy atom. The Morgan fingerprint density at radius 2 is 2.00 bits per heavy atom. The summed E-state index contributed by atoms with van der Waals surface area (Å²) in [5.74, 6) is 0. The van der Waals surface area contributed by atoms with Crippen molar-refractivity contribution in [3.63, 3.8) is 0 Å². The fraction of sp³-hybridized carbons (Fsp3) is 0. The number of nitrogens with zero attached hydrogens (tertiary/aromatic N) is 1. The molecule has 1 aromatic rings. The van der Waals surface area contributed by atoms with Gasteiger partial charge in [0.2, 0.25) is 0 Å². The van der Waals surface area contributed by atoms with E-state index in [4.69, 9.17) is 0 Å². The molecule has 0 aliphatic heterocycles. The van der Waals surface area contributed by atoms with Crippen LogP contribution in [-0.2, 0) is 0 Å². The number of hydrogen-bond donors (Lipinski definition) is 0. The maximum atomic E-state index is 4.12. The Labute approximate surface area is 71.5 Å². The van der Waals surface area contributed by atoms with Crippen molar-refractivity contribution in [3.05, 3.63) is 21.2 Å². The van der Waals surface area contributed by atoms with E-state index in [0.717, 1.165) is 14.7 Å². The van der Waals surface area contributed by atoms with Gasteiger partial charge >= 0.3 is 0 Å². The number of aromatic nitrogens is 1. The SMILES string of the molecule is Bc1cc(Br)cc(Br)n1. The fourth-order valence-corrected chi connectivity index (χ4v) is 1.97. The smallest absolute Gasteiger partial charge is 0.164 e. The molecular formula is C5H4BBr2N. The molecule has 1 rings (SSSR count). The average Bonchev–Trinajstić information content (AvgIpc) is 1.59. The molecule has 0 radical (unpaired) electrons. The lowest BCUT2D eigenvalue weighted by molar-refractivity contribution is 1.32. The highest BCUT2D eigenvalue weighted by Gasteiger charge is 1.91. The van der Waals surface area contributed by atoms with Crippen molar-refractivity contribution in [2.75, 3.05) is 0 Å². The Bertz CT molecular complexity index is 176. The Morgan fingerprint density at radius 3 is 2.44 bits per heavy atom. The molecule has 0 N–H and O–H groups in total. The summed E-state index contributed by atoms with van der Waals surface area (Å²) in [6.07, 6.45) is 0. The molecule has 0 saturated heterocycles. The van der Waals surface area contributed by atoms with Gasteiger partial charge in [-0.15, -0.1) is 0 Å². The summed E-state index contributed by atoms with van der Waals surface area (Å²) in [4.78, 5) is 4.12. The molecule has 0 fully saturated rings. The van der Waals surface area contributed by atoms with Crippen molar-refractivity contribution in [2.24, 2.45) is 0 Å². The summed E-state index contributed by atoms with van der Waals surface area (Å²) in [6, 6.07) is 3.87. The molecule has 0 bridgehead atoms. The topological polar surface area (TPSA) is 12.9 Å². The molecule has 0 spiro atoms. The zero-order valence-electron chi connectivity index (χ0n) is 4.86. The van der Waals surface area contributed by atoms with Crippen LogP contribution in [0, 0.1) is 0 Å². The molecule has 0 unspecified atom stereocenters. The molecule has 0 aromatic carbocycles. The predicted molar refractivity (Wildman–Crippen MR) is 47.8 cm³/mol. The van der Waals surface area contributed by atoms with E-state index in [0.29, 0.717) is 0 Å². The quantitative estimate of drug-likeness (QED) is 0.490. The molecule has 0 saturated carbocycles. The first-order chi connectivity index (χ1) is 4.18. The van der Waals surface area contributed by atoms with Crippen molar-refractivity contribution in [2.45, 2.75) is 0 Å². The summed E-state index contributed by atoms with van der Waals surface area (Å²) in [7, 11) is 1.95. The summed E-state index contributed by atoms with van der Waals surface area (Å²) in [5, 5.41) is 0. The zero-order chi connectivity index (χ0) is 6.85. The van der Waals surface area contributed by atoms with E-state index < -0.39 is 0 Å². The van der Waals surface area contributed by atoms with Crippen LogP contribution >= 0.6 is 31.9 Å². The van der Waals surface area contributed by atoms with Crippen molar-refractivity contribution < 1.29 is 0 Å². The molecule has 9 heavy (non-hydrogen) atoms. The van der Waals surface area contributed by atoms with Crippen molar-refractivity contribution in [3.8, 4) is 0 Å². The summed E-state index contributed by atoms with van der Waals surface area (Å²) >= 11 is 6.61. The average molecular weight is 249 g/mol. The van der Waals surface area contributed by atoms with Gasteiger partial charge in [0, 0.05) is 4.47 Å². The highest BCUT2D eigenvalue weighted by atomic mass is 79.9. The van der Waals surface area contributed by atoms with Gasteiger partial charge in [-0.25, -0.2) is 0 Å². The lowest BCUT2D eigenvalue weighted by Gasteiger charge is -1.93. The van der Waals surface area contributed by atoms with Crippen LogP contribution in [0.3, 0.4) is 0 Å². The molecule has 0 aliphatic rings. The van der Waals surface area contributed by atoms with E-state index in [-0.39, 0.29) is 0 Å². The lowest BCUT2D eigenvalue weighted by Crippen LogP contribution is -2.06. The Balaban J connectivity index is 3.17. The standard InChI is InChI=1S/C5H4BBr2N/c6-4-1-3(7)2-5(8)9-4/h1-2H,6H2. The second-order valence-electron chi connectivity index (χ2n) is 1.75. The first-order valence-corrected chi connectivity index (χ1v) is 4.07. The van der Waals surface area contributed by atoms with Crippen LogP contribution < -0.4 is 5.59 Å². The van der Waals surface area contributed by atoms with E-state index in [9.17, 15) is 0 Å². The van der Waals surface area contributed by atoms with Crippen molar-refractivity contribution in [1.29, 1.82) is 0 Å². The number of pyridine rings is 1. The summed E-state index contributed by atoms with van der Waals surface area (Å²) < 4.78 is 1.93. The molecule has 1 nitrogen and oxygen atoms in total. The van der Waals surface area contributed by atoms with Gasteiger partial charge in [-0.3, -0.25) is 4.98 Å². The van der Waals surface area contributed by atoms with Crippen LogP contribution in [0.1, 0.15) is 0 Å². The number of rotatable bonds is 0. The minimum atomic E-state index is 0.870.